The van der Waals surface area contributed by atoms with Crippen LogP contribution in [0.4, 0.5) is 4.79 Å². The maximum Gasteiger partial charge on any atom is 0.408 e. The van der Waals surface area contributed by atoms with E-state index in [9.17, 15) is 32.4 Å². The Balaban J connectivity index is 1.35. The van der Waals surface area contributed by atoms with Crippen molar-refractivity contribution in [1.82, 2.24) is 25.2 Å². The summed E-state index contributed by atoms with van der Waals surface area (Å²) in [5, 5.41) is 6.09. The monoisotopic (exact) mass is 811 g/mol. The third-order valence-corrected chi connectivity index (χ3v) is 11.8. The zero-order valence-corrected chi connectivity index (χ0v) is 33.3. The van der Waals surface area contributed by atoms with Crippen LogP contribution < -0.4 is 24.8 Å². The van der Waals surface area contributed by atoms with Gasteiger partial charge in [-0.3, -0.25) is 19.1 Å². The van der Waals surface area contributed by atoms with Crippen LogP contribution >= 0.6 is 0 Å². The molecule has 3 fully saturated rings. The minimum absolute atomic E-state index is 0.0615. The summed E-state index contributed by atoms with van der Waals surface area (Å²) >= 11 is 0. The predicted octanol–water partition coefficient (Wildman–Crippen LogP) is 2.78. The van der Waals surface area contributed by atoms with E-state index < -0.39 is 93.2 Å². The van der Waals surface area contributed by atoms with E-state index in [1.165, 1.54) is 17.1 Å². The standard InChI is InChI=1S/C39H49N5O12S/c1-6-9-31(45)55-32-11-8-7-10-24-20-39(24,36(48)43-57(50,51)27-13-14-27)42-33(46)30-19-26(54-34-28-15-12-25(52-5)18-23(28)16-17-40-34)21-44(30)35(47)29(22-53-32)41-37(49)56-38(2,3)4/h6-7,9-10,12,15-18,24,26-27,29-30,32H,8,11,13-14,19-22H2,1-5H3,(H,41,49)(H,42,46)(H,43,48)/t24-,26-,29+,30+,32?,39-/m1/s1. The molecule has 2 aliphatic heterocycles. The van der Waals surface area contributed by atoms with Gasteiger partial charge in [-0.25, -0.2) is 23.0 Å². The van der Waals surface area contributed by atoms with Gasteiger partial charge in [-0.05, 0) is 83.0 Å². The molecule has 4 amide bonds. The van der Waals surface area contributed by atoms with E-state index in [1.54, 1.807) is 71.4 Å². The first-order chi connectivity index (χ1) is 27.0. The molecule has 17 nitrogen and oxygen atoms in total. The van der Waals surface area contributed by atoms with Crippen LogP contribution in [0.5, 0.6) is 11.6 Å². The smallest absolute Gasteiger partial charge is 0.408 e. The van der Waals surface area contributed by atoms with Gasteiger partial charge in [0.25, 0.3) is 5.91 Å². The number of nitrogens with one attached hydrogen (secondary N) is 3. The van der Waals surface area contributed by atoms with Crippen molar-refractivity contribution in [3.05, 3.63) is 54.8 Å². The van der Waals surface area contributed by atoms with Gasteiger partial charge in [0.05, 0.1) is 25.5 Å². The Morgan fingerprint density at radius 1 is 1.12 bits per heavy atom. The SMILES string of the molecule is CC=CC(=O)OC1CCC=C[C@@H]2C[C@@]2(C(=O)NS(=O)(=O)C2CC2)NC(=O)[C@@H]2C[C@@H](Oc3nccc4cc(OC)ccc34)CN2C(=O)[C@@H](NC(=O)OC(C)(C)C)CO1. The molecular formula is C39H49N5O12S. The highest BCUT2D eigenvalue weighted by molar-refractivity contribution is 7.91. The predicted molar refractivity (Wildman–Crippen MR) is 204 cm³/mol. The molecule has 0 radical (unpaired) electrons. The zero-order chi connectivity index (χ0) is 41.1. The largest absolute Gasteiger partial charge is 0.497 e. The number of pyridine rings is 1. The Morgan fingerprint density at radius 2 is 1.89 bits per heavy atom. The molecule has 2 aliphatic carbocycles. The fourth-order valence-electron chi connectivity index (χ4n) is 6.85. The summed E-state index contributed by atoms with van der Waals surface area (Å²) in [6.45, 7) is 5.96. The number of aromatic nitrogens is 1. The van der Waals surface area contributed by atoms with Crippen LogP contribution in [-0.4, -0.2) is 109 Å². The Bertz CT molecular complexity index is 2060. The van der Waals surface area contributed by atoms with Crippen molar-refractivity contribution < 1.29 is 56.1 Å². The van der Waals surface area contributed by atoms with Crippen molar-refractivity contribution in [2.75, 3.05) is 20.3 Å². The van der Waals surface area contributed by atoms with Crippen molar-refractivity contribution in [3.63, 3.8) is 0 Å². The van der Waals surface area contributed by atoms with E-state index in [4.69, 9.17) is 23.7 Å². The third kappa shape index (κ3) is 10.0. The van der Waals surface area contributed by atoms with Crippen molar-refractivity contribution in [2.24, 2.45) is 5.92 Å². The number of rotatable bonds is 9. The summed E-state index contributed by atoms with van der Waals surface area (Å²) in [5.41, 5.74) is -2.57. The first kappa shape index (κ1) is 41.4. The number of ether oxygens (including phenoxy) is 5. The molecule has 308 valence electrons. The molecule has 3 heterocycles. The highest BCUT2D eigenvalue weighted by Crippen LogP contribution is 2.46. The minimum atomic E-state index is -3.98. The van der Waals surface area contributed by atoms with Gasteiger partial charge in [0.1, 0.15) is 35.1 Å². The number of carbonyl (C=O) groups excluding carboxylic acids is 5. The molecule has 0 bridgehead atoms. The van der Waals surface area contributed by atoms with Crippen LogP contribution in [0.3, 0.4) is 0 Å². The van der Waals surface area contributed by atoms with Gasteiger partial charge < -0.3 is 39.2 Å². The summed E-state index contributed by atoms with van der Waals surface area (Å²) in [5.74, 6) is -2.80. The van der Waals surface area contributed by atoms with Crippen molar-refractivity contribution in [3.8, 4) is 11.6 Å². The van der Waals surface area contributed by atoms with Crippen LogP contribution in [0.2, 0.25) is 0 Å². The summed E-state index contributed by atoms with van der Waals surface area (Å²) in [4.78, 5) is 74.1. The van der Waals surface area contributed by atoms with Crippen LogP contribution in [0, 0.1) is 5.92 Å². The fraction of sp³-hybridized carbons (Fsp3) is 0.538. The number of methoxy groups -OCH3 is 1. The lowest BCUT2D eigenvalue weighted by molar-refractivity contribution is -0.177. The van der Waals surface area contributed by atoms with Crippen LogP contribution in [0.15, 0.2) is 54.8 Å². The number of benzene rings is 1. The lowest BCUT2D eigenvalue weighted by Gasteiger charge is -2.30. The second-order valence-corrected chi connectivity index (χ2v) is 17.5. The van der Waals surface area contributed by atoms with E-state index in [1.807, 2.05) is 6.07 Å². The number of alkyl carbamates (subject to hydrolysis) is 1. The van der Waals surface area contributed by atoms with E-state index >= 15 is 0 Å². The maximum absolute atomic E-state index is 14.6. The minimum Gasteiger partial charge on any atom is -0.497 e. The van der Waals surface area contributed by atoms with E-state index in [0.29, 0.717) is 24.0 Å². The summed E-state index contributed by atoms with van der Waals surface area (Å²) in [6, 6.07) is 4.41. The molecule has 4 aliphatic rings. The normalized spacial score (nSPS) is 27.0. The molecule has 1 aromatic heterocycles. The summed E-state index contributed by atoms with van der Waals surface area (Å²) in [6.07, 6.45) is 6.02. The molecule has 1 saturated heterocycles. The average molecular weight is 812 g/mol. The molecule has 0 spiro atoms. The summed E-state index contributed by atoms with van der Waals surface area (Å²) < 4.78 is 56.6. The Kier molecular flexibility index (Phi) is 12.1. The fourth-order valence-corrected chi connectivity index (χ4v) is 8.22. The zero-order valence-electron chi connectivity index (χ0n) is 32.5. The lowest BCUT2D eigenvalue weighted by atomic mass is 10.1. The Morgan fingerprint density at radius 3 is 2.60 bits per heavy atom. The number of esters is 1. The van der Waals surface area contributed by atoms with E-state index in [0.717, 1.165) is 5.39 Å². The van der Waals surface area contributed by atoms with Crippen molar-refractivity contribution in [2.45, 2.75) is 107 Å². The number of carbonyl (C=O) groups is 5. The molecular weight excluding hydrogens is 763 g/mol. The number of nitrogens with zero attached hydrogens (tertiary/aromatic N) is 2. The number of sulfonamides is 1. The second kappa shape index (κ2) is 16.7. The molecule has 2 aromatic rings. The van der Waals surface area contributed by atoms with Crippen LogP contribution in [-0.2, 0) is 43.4 Å². The molecule has 57 heavy (non-hydrogen) atoms. The third-order valence-electron chi connectivity index (χ3n) is 9.95. The highest BCUT2D eigenvalue weighted by atomic mass is 32.2. The lowest BCUT2D eigenvalue weighted by Crippen LogP contribution is -2.59. The van der Waals surface area contributed by atoms with Gasteiger partial charge in [-0.1, -0.05) is 18.2 Å². The van der Waals surface area contributed by atoms with Gasteiger partial charge >= 0.3 is 12.1 Å². The van der Waals surface area contributed by atoms with Crippen molar-refractivity contribution >= 4 is 50.6 Å². The summed E-state index contributed by atoms with van der Waals surface area (Å²) in [7, 11) is -2.43. The maximum atomic E-state index is 14.6. The quantitative estimate of drug-likeness (QED) is 0.189. The number of allylic oxidation sites excluding steroid dienone is 2. The highest BCUT2D eigenvalue weighted by Gasteiger charge is 2.62. The number of hydrogen-bond donors (Lipinski definition) is 3. The van der Waals surface area contributed by atoms with Crippen molar-refractivity contribution in [1.29, 1.82) is 0 Å². The van der Waals surface area contributed by atoms with Gasteiger partial charge in [-0.2, -0.15) is 0 Å². The van der Waals surface area contributed by atoms with Crippen LogP contribution in [0.25, 0.3) is 10.8 Å². The molecule has 3 N–H and O–H groups in total. The molecule has 1 aromatic carbocycles. The molecule has 2 saturated carbocycles. The van der Waals surface area contributed by atoms with E-state index in [2.05, 4.69) is 20.3 Å². The molecule has 1 unspecified atom stereocenters. The van der Waals surface area contributed by atoms with Gasteiger partial charge in [0, 0.05) is 36.4 Å². The Hall–Kier alpha value is -5.23. The molecule has 6 rings (SSSR count). The number of fused-ring (bicyclic) bond motifs is 3. The topological polar surface area (TPSA) is 218 Å². The first-order valence-electron chi connectivity index (χ1n) is 18.9. The molecule has 18 heteroatoms. The Labute approximate surface area is 330 Å². The van der Waals surface area contributed by atoms with Gasteiger partial charge in [-0.15, -0.1) is 0 Å². The number of hydrogen-bond acceptors (Lipinski definition) is 13. The molecule has 6 atom stereocenters. The van der Waals surface area contributed by atoms with Gasteiger partial charge in [0.2, 0.25) is 34.0 Å². The van der Waals surface area contributed by atoms with Gasteiger partial charge in [0.15, 0.2) is 0 Å². The second-order valence-electron chi connectivity index (χ2n) is 15.5. The van der Waals surface area contributed by atoms with Crippen LogP contribution in [0.1, 0.15) is 66.2 Å². The van der Waals surface area contributed by atoms with E-state index in [-0.39, 0.29) is 38.1 Å². The number of amides is 4. The first-order valence-corrected chi connectivity index (χ1v) is 20.5. The average Bonchev–Trinajstić information content (AvgIpc) is 4.07.